The average Bonchev–Trinajstić information content (AvgIpc) is 3.21. The molecule has 0 saturated heterocycles. The van der Waals surface area contributed by atoms with Gasteiger partial charge in [-0.1, -0.05) is 41.6 Å². The van der Waals surface area contributed by atoms with Crippen LogP contribution in [0.15, 0.2) is 64.0 Å². The Kier molecular flexibility index (Phi) is 6.96. The van der Waals surface area contributed by atoms with Gasteiger partial charge in [0, 0.05) is 35.1 Å². The fourth-order valence-corrected chi connectivity index (χ4v) is 3.80. The molecule has 0 bridgehead atoms. The molecule has 35 heavy (non-hydrogen) atoms. The molecule has 3 heterocycles. The van der Waals surface area contributed by atoms with Crippen LogP contribution in [-0.4, -0.2) is 20.7 Å². The summed E-state index contributed by atoms with van der Waals surface area (Å²) >= 11 is 0. The number of hydrogen-bond acceptors (Lipinski definition) is 7. The molecule has 4 rings (SSSR count). The van der Waals surface area contributed by atoms with Gasteiger partial charge in [0.1, 0.15) is 5.82 Å². The summed E-state index contributed by atoms with van der Waals surface area (Å²) in [4.78, 5) is 30.0. The molecule has 0 saturated carbocycles. The van der Waals surface area contributed by atoms with E-state index in [-0.39, 0.29) is 17.9 Å². The van der Waals surface area contributed by atoms with Gasteiger partial charge in [-0.3, -0.25) is 9.59 Å². The summed E-state index contributed by atoms with van der Waals surface area (Å²) in [6.45, 7) is 6.16. The zero-order chi connectivity index (χ0) is 24.9. The SMILES string of the molecule is Cc1ccn(NCc2c(C)noc2-c2ccccc2)c(=O)c1CC(=O)NCc1ccc(N)nc1C. The van der Waals surface area contributed by atoms with Crippen molar-refractivity contribution in [1.82, 2.24) is 20.1 Å². The highest BCUT2D eigenvalue weighted by molar-refractivity contribution is 5.78. The second-order valence-electron chi connectivity index (χ2n) is 8.36. The maximum Gasteiger partial charge on any atom is 0.272 e. The number of rotatable bonds is 8. The first-order valence-corrected chi connectivity index (χ1v) is 11.3. The van der Waals surface area contributed by atoms with Crippen molar-refractivity contribution < 1.29 is 9.32 Å². The number of aryl methyl sites for hydroxylation is 3. The fourth-order valence-electron chi connectivity index (χ4n) is 3.80. The van der Waals surface area contributed by atoms with E-state index in [0.717, 1.165) is 33.6 Å². The Morgan fingerprint density at radius 1 is 1.00 bits per heavy atom. The normalized spacial score (nSPS) is 10.8. The number of nitrogen functional groups attached to an aromatic ring is 1. The second kappa shape index (κ2) is 10.3. The smallest absolute Gasteiger partial charge is 0.272 e. The molecule has 4 aromatic rings. The number of amides is 1. The Morgan fingerprint density at radius 3 is 2.51 bits per heavy atom. The molecule has 180 valence electrons. The maximum atomic E-state index is 13.1. The number of pyridine rings is 2. The van der Waals surface area contributed by atoms with Crippen molar-refractivity contribution in [2.75, 3.05) is 11.2 Å². The number of benzene rings is 1. The lowest BCUT2D eigenvalue weighted by molar-refractivity contribution is -0.120. The monoisotopic (exact) mass is 472 g/mol. The van der Waals surface area contributed by atoms with Crippen molar-refractivity contribution in [1.29, 1.82) is 0 Å². The molecular weight excluding hydrogens is 444 g/mol. The van der Waals surface area contributed by atoms with Gasteiger partial charge < -0.3 is 21.0 Å². The first-order valence-electron chi connectivity index (χ1n) is 11.3. The molecule has 9 heteroatoms. The molecule has 9 nitrogen and oxygen atoms in total. The number of aromatic nitrogens is 3. The summed E-state index contributed by atoms with van der Waals surface area (Å²) in [7, 11) is 0. The number of hydrogen-bond donors (Lipinski definition) is 3. The van der Waals surface area contributed by atoms with Gasteiger partial charge in [0.25, 0.3) is 5.56 Å². The van der Waals surface area contributed by atoms with E-state index in [1.165, 1.54) is 4.68 Å². The van der Waals surface area contributed by atoms with Gasteiger partial charge >= 0.3 is 0 Å². The quantitative estimate of drug-likeness (QED) is 0.360. The molecule has 0 aliphatic heterocycles. The predicted molar refractivity (Wildman–Crippen MR) is 134 cm³/mol. The lowest BCUT2D eigenvalue weighted by atomic mass is 10.1. The summed E-state index contributed by atoms with van der Waals surface area (Å²) in [6, 6.07) is 15.0. The van der Waals surface area contributed by atoms with Crippen LogP contribution in [0.5, 0.6) is 0 Å². The third-order valence-corrected chi connectivity index (χ3v) is 5.90. The minimum absolute atomic E-state index is 0.0316. The third-order valence-electron chi connectivity index (χ3n) is 5.90. The number of anilines is 1. The summed E-state index contributed by atoms with van der Waals surface area (Å²) in [6.07, 6.45) is 1.63. The topological polar surface area (TPSA) is 128 Å². The van der Waals surface area contributed by atoms with E-state index in [4.69, 9.17) is 10.3 Å². The van der Waals surface area contributed by atoms with Gasteiger partial charge in [-0.25, -0.2) is 9.66 Å². The van der Waals surface area contributed by atoms with Crippen molar-refractivity contribution in [3.63, 3.8) is 0 Å². The third kappa shape index (κ3) is 5.40. The summed E-state index contributed by atoms with van der Waals surface area (Å²) in [5, 5.41) is 6.95. The molecule has 0 aliphatic rings. The second-order valence-corrected chi connectivity index (χ2v) is 8.36. The van der Waals surface area contributed by atoms with Crippen molar-refractivity contribution in [2.45, 2.75) is 40.3 Å². The van der Waals surface area contributed by atoms with E-state index < -0.39 is 0 Å². The number of nitrogens with one attached hydrogen (secondary N) is 2. The van der Waals surface area contributed by atoms with E-state index >= 15 is 0 Å². The van der Waals surface area contributed by atoms with Crippen LogP contribution < -0.4 is 22.0 Å². The van der Waals surface area contributed by atoms with Gasteiger partial charge in [0.15, 0.2) is 5.76 Å². The number of carbonyl (C=O) groups excluding carboxylic acids is 1. The molecule has 0 fully saturated rings. The van der Waals surface area contributed by atoms with Crippen molar-refractivity contribution >= 4 is 11.7 Å². The van der Waals surface area contributed by atoms with Crippen molar-refractivity contribution in [2.24, 2.45) is 0 Å². The highest BCUT2D eigenvalue weighted by Crippen LogP contribution is 2.26. The van der Waals surface area contributed by atoms with Gasteiger partial charge in [0.05, 0.1) is 18.7 Å². The largest absolute Gasteiger partial charge is 0.384 e. The first kappa shape index (κ1) is 23.7. The van der Waals surface area contributed by atoms with Crippen LogP contribution in [0, 0.1) is 20.8 Å². The highest BCUT2D eigenvalue weighted by atomic mass is 16.5. The standard InChI is InChI=1S/C26H28N6O3/c1-16-11-12-32(29-15-22-18(3)31-35-25(22)19-7-5-4-6-8-19)26(34)21(16)13-24(33)28-14-20-9-10-23(27)30-17(20)2/h4-12,29H,13-15H2,1-3H3,(H2,27,30)(H,28,33). The van der Waals surface area contributed by atoms with Crippen molar-refractivity contribution in [3.05, 3.63) is 98.7 Å². The van der Waals surface area contributed by atoms with Gasteiger partial charge in [0.2, 0.25) is 5.91 Å². The van der Waals surface area contributed by atoms with E-state index in [0.29, 0.717) is 30.2 Å². The lowest BCUT2D eigenvalue weighted by Crippen LogP contribution is -2.34. The molecule has 4 N–H and O–H groups in total. The Labute approximate surface area is 203 Å². The Bertz CT molecular complexity index is 1410. The average molecular weight is 473 g/mol. The van der Waals surface area contributed by atoms with Crippen LogP contribution in [0.4, 0.5) is 5.82 Å². The van der Waals surface area contributed by atoms with Gasteiger partial charge in [-0.15, -0.1) is 0 Å². The molecule has 0 aliphatic carbocycles. The van der Waals surface area contributed by atoms with E-state index in [2.05, 4.69) is 20.9 Å². The molecule has 0 unspecified atom stereocenters. The molecule has 1 amide bonds. The maximum absolute atomic E-state index is 13.1. The molecule has 0 spiro atoms. The molecular formula is C26H28N6O3. The molecule has 0 radical (unpaired) electrons. The summed E-state index contributed by atoms with van der Waals surface area (Å²) in [5.74, 6) is 0.839. The van der Waals surface area contributed by atoms with E-state index in [9.17, 15) is 9.59 Å². The molecule has 0 atom stereocenters. The number of nitrogens with two attached hydrogens (primary N) is 1. The van der Waals surface area contributed by atoms with Crippen molar-refractivity contribution in [3.8, 4) is 11.3 Å². The molecule has 1 aromatic carbocycles. The van der Waals surface area contributed by atoms with Crippen LogP contribution in [0.1, 0.15) is 33.6 Å². The van der Waals surface area contributed by atoms with E-state index in [1.807, 2.05) is 63.2 Å². The minimum atomic E-state index is -0.277. The Morgan fingerprint density at radius 2 is 1.77 bits per heavy atom. The molecule has 3 aromatic heterocycles. The summed E-state index contributed by atoms with van der Waals surface area (Å²) in [5.41, 5.74) is 13.8. The lowest BCUT2D eigenvalue weighted by Gasteiger charge is -2.13. The fraction of sp³-hybridized carbons (Fsp3) is 0.231. The summed E-state index contributed by atoms with van der Waals surface area (Å²) < 4.78 is 6.93. The van der Waals surface area contributed by atoms with E-state index in [1.54, 1.807) is 12.3 Å². The number of nitrogens with zero attached hydrogens (tertiary/aromatic N) is 3. The number of carbonyl (C=O) groups is 1. The Hall–Kier alpha value is -4.40. The minimum Gasteiger partial charge on any atom is -0.384 e. The van der Waals surface area contributed by atoms with Gasteiger partial charge in [-0.05, 0) is 44.0 Å². The van der Waals surface area contributed by atoms with Crippen LogP contribution in [-0.2, 0) is 24.3 Å². The van der Waals surface area contributed by atoms with Crippen LogP contribution >= 0.6 is 0 Å². The van der Waals surface area contributed by atoms with Crippen LogP contribution in [0.3, 0.4) is 0 Å². The predicted octanol–water partition coefficient (Wildman–Crippen LogP) is 3.01. The zero-order valence-electron chi connectivity index (χ0n) is 20.0. The Balaban J connectivity index is 1.46. The first-order chi connectivity index (χ1) is 16.8. The van der Waals surface area contributed by atoms with Crippen LogP contribution in [0.2, 0.25) is 0 Å². The zero-order valence-corrected chi connectivity index (χ0v) is 20.0. The highest BCUT2D eigenvalue weighted by Gasteiger charge is 2.16. The van der Waals surface area contributed by atoms with Crippen LogP contribution in [0.25, 0.3) is 11.3 Å². The van der Waals surface area contributed by atoms with Gasteiger partial charge in [-0.2, -0.15) is 0 Å².